The maximum Gasteiger partial charge on any atom is 0.160 e. The highest BCUT2D eigenvalue weighted by atomic mass is 32.1. The molecule has 0 saturated heterocycles. The molecule has 1 aliphatic rings. The molecule has 0 radical (unpaired) electrons. The van der Waals surface area contributed by atoms with Crippen LogP contribution in [0.25, 0.3) is 96.7 Å². The molecule has 88 heavy (non-hydrogen) atoms. The summed E-state index contributed by atoms with van der Waals surface area (Å²) in [6.07, 6.45) is 0. The van der Waals surface area contributed by atoms with Gasteiger partial charge >= 0.3 is 0 Å². The molecule has 422 valence electrons. The molecule has 0 saturated carbocycles. The van der Waals surface area contributed by atoms with Gasteiger partial charge in [-0.1, -0.05) is 230 Å². The van der Waals surface area contributed by atoms with E-state index in [0.717, 1.165) is 122 Å². The van der Waals surface area contributed by atoms with Crippen molar-refractivity contribution in [1.82, 2.24) is 0 Å². The fraction of sp³-hybridized carbons (Fsp3) is 0.108. The van der Waals surface area contributed by atoms with Crippen LogP contribution in [0.1, 0.15) is 74.9 Å². The predicted molar refractivity (Wildman–Crippen MR) is 373 cm³/mol. The number of fused-ring (bicyclic) bond motifs is 16. The lowest BCUT2D eigenvalue weighted by Gasteiger charge is -2.36. The third-order valence-electron chi connectivity index (χ3n) is 18.8. The smallest absolute Gasteiger partial charge is 0.160 e. The van der Waals surface area contributed by atoms with E-state index in [1.54, 1.807) is 0 Å². The number of rotatable bonds is 8. The van der Waals surface area contributed by atoms with E-state index in [0.29, 0.717) is 0 Å². The van der Waals surface area contributed by atoms with Crippen molar-refractivity contribution in [3.8, 4) is 11.1 Å². The number of anilines is 6. The van der Waals surface area contributed by atoms with Crippen LogP contribution in [-0.2, 0) is 16.2 Å². The van der Waals surface area contributed by atoms with Crippen LogP contribution < -0.4 is 9.80 Å². The molecule has 0 bridgehead atoms. The normalized spacial score (nSPS) is 14.3. The molecule has 1 unspecified atom stereocenters. The fourth-order valence-corrected chi connectivity index (χ4v) is 15.7. The van der Waals surface area contributed by atoms with Gasteiger partial charge in [0.1, 0.15) is 16.7 Å². The van der Waals surface area contributed by atoms with Gasteiger partial charge in [-0.2, -0.15) is 0 Å². The lowest BCUT2D eigenvalue weighted by Crippen LogP contribution is -2.29. The molecule has 3 heterocycles. The SMILES string of the molecule is CC(C)(C)c1ccc(C2(c3ccc4c(c3)sc3ccc(C(C)(C)C)cc34)c3cc(N(c4ccccc4)c4cccc5ccccc45)c4c(oc5ccccc54)c3-c3c2cc(N(c2ccccc2)c2cccc4ccccc24)c2oc4ccccc4c32)cc1. The molecule has 0 fully saturated rings. The van der Waals surface area contributed by atoms with E-state index in [4.69, 9.17) is 8.83 Å². The van der Waals surface area contributed by atoms with Gasteiger partial charge in [0.25, 0.3) is 0 Å². The Bertz CT molecular complexity index is 5470. The lowest BCUT2D eigenvalue weighted by molar-refractivity contribution is 0.589. The summed E-state index contributed by atoms with van der Waals surface area (Å²) in [6, 6.07) is 99.1. The van der Waals surface area contributed by atoms with Gasteiger partial charge in [0.15, 0.2) is 5.58 Å². The summed E-state index contributed by atoms with van der Waals surface area (Å²) in [5, 5.41) is 11.3. The van der Waals surface area contributed by atoms with Crippen LogP contribution in [0.4, 0.5) is 34.1 Å². The molecule has 1 atom stereocenters. The van der Waals surface area contributed by atoms with Crippen molar-refractivity contribution < 1.29 is 8.83 Å². The number of furan rings is 2. The van der Waals surface area contributed by atoms with Gasteiger partial charge < -0.3 is 18.6 Å². The molecule has 3 aromatic heterocycles. The average Bonchev–Trinajstić information content (AvgIpc) is 1.54. The predicted octanol–water partition coefficient (Wildman–Crippen LogP) is 24.1. The van der Waals surface area contributed by atoms with E-state index in [-0.39, 0.29) is 10.8 Å². The Morgan fingerprint density at radius 1 is 0.330 bits per heavy atom. The number of thiophene rings is 1. The molecule has 17 rings (SSSR count). The zero-order valence-corrected chi connectivity index (χ0v) is 50.8. The van der Waals surface area contributed by atoms with E-state index in [1.807, 2.05) is 11.3 Å². The zero-order valence-electron chi connectivity index (χ0n) is 50.0. The van der Waals surface area contributed by atoms with Gasteiger partial charge in [-0.25, -0.2) is 0 Å². The molecule has 13 aromatic carbocycles. The quantitative estimate of drug-likeness (QED) is 0.152. The minimum atomic E-state index is -0.993. The topological polar surface area (TPSA) is 32.8 Å². The van der Waals surface area contributed by atoms with Crippen molar-refractivity contribution in [2.75, 3.05) is 9.80 Å². The van der Waals surface area contributed by atoms with Crippen LogP contribution in [0.3, 0.4) is 0 Å². The number of hydrogen-bond acceptors (Lipinski definition) is 5. The number of para-hydroxylation sites is 4. The van der Waals surface area contributed by atoms with Crippen LogP contribution in [0, 0.1) is 0 Å². The molecule has 0 N–H and O–H groups in total. The standard InChI is InChI=1S/C83H62N2O2S/c1-81(2,3)53-39-41-54(42-40-53)83(56-43-45-61-64-47-55(82(4,5)6)44-46-73(64)88-74(61)48-56)65-50-70(85(58-29-11-8-12-30-58)68-36-22-26-52-24-14-16-32-60(52)68)79-76(63-34-18-20-38-72(63)86-79)77(65)78-66(83)49-69(75-62-33-17-19-37-71(62)87-80(75)78)84(57-27-9-7-10-28-57)67-35-21-25-51-23-13-15-31-59(51)67/h7-50H,1-6H3. The Morgan fingerprint density at radius 3 is 1.43 bits per heavy atom. The maximum absolute atomic E-state index is 7.72. The summed E-state index contributed by atoms with van der Waals surface area (Å²) in [5.74, 6) is 0. The maximum atomic E-state index is 7.72. The number of hydrogen-bond donors (Lipinski definition) is 0. The van der Waals surface area contributed by atoms with Crippen molar-refractivity contribution in [3.05, 3.63) is 300 Å². The highest BCUT2D eigenvalue weighted by molar-refractivity contribution is 7.25. The molecule has 5 heteroatoms. The lowest BCUT2D eigenvalue weighted by atomic mass is 9.66. The average molecular weight is 1150 g/mol. The molecular formula is C83H62N2O2S. The minimum absolute atomic E-state index is 0.0116. The monoisotopic (exact) mass is 1150 g/mol. The first kappa shape index (κ1) is 52.2. The summed E-state index contributed by atoms with van der Waals surface area (Å²) in [5.41, 5.74) is 17.7. The molecule has 0 aliphatic heterocycles. The van der Waals surface area contributed by atoms with Gasteiger partial charge in [0.2, 0.25) is 0 Å². The Hall–Kier alpha value is -10.2. The van der Waals surface area contributed by atoms with Crippen LogP contribution in [0.15, 0.2) is 276 Å². The van der Waals surface area contributed by atoms with Gasteiger partial charge in [0, 0.05) is 69.6 Å². The highest BCUT2D eigenvalue weighted by Gasteiger charge is 2.51. The van der Waals surface area contributed by atoms with E-state index in [2.05, 4.69) is 318 Å². The minimum Gasteiger partial charge on any atom is -0.455 e. The van der Waals surface area contributed by atoms with E-state index < -0.39 is 5.41 Å². The molecule has 16 aromatic rings. The summed E-state index contributed by atoms with van der Waals surface area (Å²) >= 11 is 1.89. The Labute approximate surface area is 515 Å². The second kappa shape index (κ2) is 19.4. The van der Waals surface area contributed by atoms with Crippen LogP contribution in [0.2, 0.25) is 0 Å². The van der Waals surface area contributed by atoms with E-state index >= 15 is 0 Å². The summed E-state index contributed by atoms with van der Waals surface area (Å²) in [4.78, 5) is 4.95. The summed E-state index contributed by atoms with van der Waals surface area (Å²) in [7, 11) is 0. The molecule has 0 spiro atoms. The Balaban J connectivity index is 1.11. The van der Waals surface area contributed by atoms with Gasteiger partial charge in [-0.05, 0) is 134 Å². The van der Waals surface area contributed by atoms with Crippen LogP contribution in [-0.4, -0.2) is 0 Å². The van der Waals surface area contributed by atoms with E-state index in [9.17, 15) is 0 Å². The first-order valence-electron chi connectivity index (χ1n) is 30.6. The number of benzene rings is 13. The fourth-order valence-electron chi connectivity index (χ4n) is 14.6. The van der Waals surface area contributed by atoms with Gasteiger partial charge in [0.05, 0.1) is 33.6 Å². The molecule has 0 amide bonds. The number of nitrogens with zero attached hydrogens (tertiary/aromatic N) is 2. The van der Waals surface area contributed by atoms with Crippen molar-refractivity contribution in [2.45, 2.75) is 57.8 Å². The van der Waals surface area contributed by atoms with Crippen LogP contribution in [0.5, 0.6) is 0 Å². The van der Waals surface area contributed by atoms with Gasteiger partial charge in [-0.3, -0.25) is 0 Å². The van der Waals surface area contributed by atoms with Crippen molar-refractivity contribution in [3.63, 3.8) is 0 Å². The summed E-state index contributed by atoms with van der Waals surface area (Å²) < 4.78 is 17.8. The zero-order chi connectivity index (χ0) is 59.2. The third kappa shape index (κ3) is 7.76. The molecule has 4 nitrogen and oxygen atoms in total. The first-order valence-corrected chi connectivity index (χ1v) is 31.5. The van der Waals surface area contributed by atoms with Crippen molar-refractivity contribution in [1.29, 1.82) is 0 Å². The molecule has 1 aliphatic carbocycles. The van der Waals surface area contributed by atoms with Gasteiger partial charge in [-0.15, -0.1) is 11.3 Å². The second-order valence-corrected chi connectivity index (χ2v) is 27.0. The highest BCUT2D eigenvalue weighted by Crippen LogP contribution is 2.65. The second-order valence-electron chi connectivity index (χ2n) is 25.9. The molecular weight excluding hydrogens is 1090 g/mol. The van der Waals surface area contributed by atoms with Crippen LogP contribution >= 0.6 is 11.3 Å². The van der Waals surface area contributed by atoms with Crippen molar-refractivity contribution in [2.24, 2.45) is 0 Å². The third-order valence-corrected chi connectivity index (χ3v) is 19.9. The summed E-state index contributed by atoms with van der Waals surface area (Å²) in [6.45, 7) is 13.9. The van der Waals surface area contributed by atoms with Crippen molar-refractivity contribution >= 4 is 131 Å². The van der Waals surface area contributed by atoms with E-state index in [1.165, 1.54) is 42.2 Å². The largest absolute Gasteiger partial charge is 0.455 e. The Kier molecular flexibility index (Phi) is 11.5. The Morgan fingerprint density at radius 2 is 0.818 bits per heavy atom. The first-order chi connectivity index (χ1) is 42.9.